The van der Waals surface area contributed by atoms with Crippen LogP contribution in [0.1, 0.15) is 17.3 Å². The van der Waals surface area contributed by atoms with E-state index in [0.29, 0.717) is 19.7 Å². The maximum atomic E-state index is 12.2. The van der Waals surface area contributed by atoms with Crippen LogP contribution in [-0.4, -0.2) is 76.0 Å². The van der Waals surface area contributed by atoms with Crippen molar-refractivity contribution in [1.29, 1.82) is 0 Å². The minimum Gasteiger partial charge on any atom is -0.452 e. The van der Waals surface area contributed by atoms with Gasteiger partial charge in [0.15, 0.2) is 6.61 Å². The Hall–Kier alpha value is -1.68. The van der Waals surface area contributed by atoms with Gasteiger partial charge in [0.2, 0.25) is 10.0 Å². The quantitative estimate of drug-likeness (QED) is 0.679. The topological polar surface area (TPSA) is 93.2 Å². The number of benzene rings is 1. The first kappa shape index (κ1) is 20.6. The van der Waals surface area contributed by atoms with Crippen molar-refractivity contribution in [3.8, 4) is 0 Å². The molecule has 2 rings (SSSR count). The molecule has 0 N–H and O–H groups in total. The molecule has 10 heteroatoms. The van der Waals surface area contributed by atoms with Gasteiger partial charge in [-0.2, -0.15) is 0 Å². The zero-order valence-electron chi connectivity index (χ0n) is 14.8. The van der Waals surface area contributed by atoms with Gasteiger partial charge < -0.3 is 14.4 Å². The van der Waals surface area contributed by atoms with Crippen LogP contribution in [0.25, 0.3) is 0 Å². The summed E-state index contributed by atoms with van der Waals surface area (Å²) in [5, 5.41) is -0.00590. The number of esters is 1. The summed E-state index contributed by atoms with van der Waals surface area (Å²) in [6.45, 7) is 2.73. The van der Waals surface area contributed by atoms with E-state index in [0.717, 1.165) is 10.4 Å². The smallest absolute Gasteiger partial charge is 0.338 e. The zero-order valence-corrected chi connectivity index (χ0v) is 16.3. The maximum Gasteiger partial charge on any atom is 0.338 e. The fourth-order valence-corrected chi connectivity index (χ4v) is 3.77. The molecule has 0 aromatic heterocycles. The highest BCUT2D eigenvalue weighted by Gasteiger charge is 2.25. The van der Waals surface area contributed by atoms with E-state index < -0.39 is 22.6 Å². The van der Waals surface area contributed by atoms with Crippen molar-refractivity contribution in [2.45, 2.75) is 17.9 Å². The van der Waals surface area contributed by atoms with E-state index in [1.165, 1.54) is 26.2 Å². The largest absolute Gasteiger partial charge is 0.452 e. The van der Waals surface area contributed by atoms with Crippen molar-refractivity contribution in [3.05, 3.63) is 28.8 Å². The van der Waals surface area contributed by atoms with Crippen LogP contribution in [0.5, 0.6) is 0 Å². The molecule has 1 saturated heterocycles. The van der Waals surface area contributed by atoms with Crippen LogP contribution in [0.2, 0.25) is 5.02 Å². The second-order valence-corrected chi connectivity index (χ2v) is 8.56. The number of hydrogen-bond donors (Lipinski definition) is 0. The van der Waals surface area contributed by atoms with Crippen molar-refractivity contribution in [3.63, 3.8) is 0 Å². The standard InChI is InChI=1S/C16H21ClN2O6S/c1-11-9-19(6-7-24-11)15(20)10-25-16(21)12-4-5-13(17)14(8-12)26(22,23)18(2)3/h4-5,8,11H,6-7,9-10H2,1-3H3. The first-order valence-corrected chi connectivity index (χ1v) is 9.73. The molecule has 8 nitrogen and oxygen atoms in total. The van der Waals surface area contributed by atoms with Crippen molar-refractivity contribution in [1.82, 2.24) is 9.21 Å². The number of amides is 1. The van der Waals surface area contributed by atoms with Gasteiger partial charge in [-0.25, -0.2) is 17.5 Å². The highest BCUT2D eigenvalue weighted by atomic mass is 35.5. The number of sulfonamides is 1. The molecule has 1 aromatic carbocycles. The number of carbonyl (C=O) groups is 2. The summed E-state index contributed by atoms with van der Waals surface area (Å²) in [6.07, 6.45) is -0.0709. The van der Waals surface area contributed by atoms with Crippen LogP contribution in [-0.2, 0) is 24.3 Å². The Kier molecular flexibility index (Phi) is 6.62. The molecular weight excluding hydrogens is 384 g/mol. The van der Waals surface area contributed by atoms with E-state index in [2.05, 4.69) is 0 Å². The Bertz CT molecular complexity index is 796. The number of halogens is 1. The second kappa shape index (κ2) is 8.34. The Morgan fingerprint density at radius 3 is 2.69 bits per heavy atom. The van der Waals surface area contributed by atoms with Gasteiger partial charge in [-0.3, -0.25) is 4.79 Å². The van der Waals surface area contributed by atoms with E-state index in [-0.39, 0.29) is 27.5 Å². The Labute approximate surface area is 157 Å². The third-order valence-corrected chi connectivity index (χ3v) is 6.14. The van der Waals surface area contributed by atoms with Crippen LogP contribution in [0, 0.1) is 0 Å². The molecule has 0 aliphatic carbocycles. The second-order valence-electron chi connectivity index (χ2n) is 6.03. The molecule has 1 amide bonds. The highest BCUT2D eigenvalue weighted by Crippen LogP contribution is 2.25. The first-order valence-electron chi connectivity index (χ1n) is 7.91. The Balaban J connectivity index is 2.07. The van der Waals surface area contributed by atoms with Crippen LogP contribution in [0.3, 0.4) is 0 Å². The number of hydrogen-bond acceptors (Lipinski definition) is 6. The summed E-state index contributed by atoms with van der Waals surface area (Å²) in [7, 11) is -1.09. The molecule has 144 valence electrons. The normalized spacial score (nSPS) is 18.0. The minimum absolute atomic E-state index is 0.00188. The van der Waals surface area contributed by atoms with Gasteiger partial charge in [0.1, 0.15) is 4.90 Å². The van der Waals surface area contributed by atoms with E-state index in [4.69, 9.17) is 21.1 Å². The van der Waals surface area contributed by atoms with Crippen molar-refractivity contribution in [2.24, 2.45) is 0 Å². The highest BCUT2D eigenvalue weighted by molar-refractivity contribution is 7.89. The average molecular weight is 405 g/mol. The van der Waals surface area contributed by atoms with E-state index in [1.807, 2.05) is 6.92 Å². The lowest BCUT2D eigenvalue weighted by atomic mass is 10.2. The minimum atomic E-state index is -3.81. The molecule has 26 heavy (non-hydrogen) atoms. The summed E-state index contributed by atoms with van der Waals surface area (Å²) >= 11 is 5.94. The van der Waals surface area contributed by atoms with Crippen molar-refractivity contribution >= 4 is 33.5 Å². The number of nitrogens with zero attached hydrogens (tertiary/aromatic N) is 2. The van der Waals surface area contributed by atoms with E-state index in [9.17, 15) is 18.0 Å². The molecule has 1 heterocycles. The van der Waals surface area contributed by atoms with Gasteiger partial charge in [-0.05, 0) is 25.1 Å². The van der Waals surface area contributed by atoms with Gasteiger partial charge in [0.05, 0.1) is 23.3 Å². The SMILES string of the molecule is CC1CN(C(=O)COC(=O)c2ccc(Cl)c(S(=O)(=O)N(C)C)c2)CCO1. The first-order chi connectivity index (χ1) is 12.1. The fourth-order valence-electron chi connectivity index (χ4n) is 2.37. The van der Waals surface area contributed by atoms with Gasteiger partial charge in [-0.1, -0.05) is 11.6 Å². The van der Waals surface area contributed by atoms with Crippen LogP contribution >= 0.6 is 11.6 Å². The van der Waals surface area contributed by atoms with Gasteiger partial charge in [0.25, 0.3) is 5.91 Å². The van der Waals surface area contributed by atoms with E-state index >= 15 is 0 Å². The molecular formula is C16H21ClN2O6S. The predicted molar refractivity (Wildman–Crippen MR) is 94.6 cm³/mol. The monoisotopic (exact) mass is 404 g/mol. The molecule has 0 bridgehead atoms. The summed E-state index contributed by atoms with van der Waals surface area (Å²) in [6, 6.07) is 3.79. The molecule has 1 unspecified atom stereocenters. The molecule has 1 aromatic rings. The average Bonchev–Trinajstić information content (AvgIpc) is 2.59. The van der Waals surface area contributed by atoms with Crippen molar-refractivity contribution in [2.75, 3.05) is 40.4 Å². The number of rotatable bonds is 5. The predicted octanol–water partition coefficient (Wildman–Crippen LogP) is 0.994. The molecule has 1 fully saturated rings. The zero-order chi connectivity index (χ0) is 19.5. The summed E-state index contributed by atoms with van der Waals surface area (Å²) in [5.41, 5.74) is -0.00188. The molecule has 0 radical (unpaired) electrons. The molecule has 0 spiro atoms. The number of morpholine rings is 1. The van der Waals surface area contributed by atoms with Gasteiger partial charge in [0, 0.05) is 27.2 Å². The lowest BCUT2D eigenvalue weighted by molar-refractivity contribution is -0.141. The third-order valence-electron chi connectivity index (χ3n) is 3.85. The molecule has 0 saturated carbocycles. The summed E-state index contributed by atoms with van der Waals surface area (Å²) in [4.78, 5) is 25.7. The Morgan fingerprint density at radius 2 is 2.08 bits per heavy atom. The number of carbonyl (C=O) groups excluding carboxylic acids is 2. The maximum absolute atomic E-state index is 12.2. The third kappa shape index (κ3) is 4.73. The van der Waals surface area contributed by atoms with Crippen LogP contribution < -0.4 is 0 Å². The van der Waals surface area contributed by atoms with Crippen LogP contribution in [0.4, 0.5) is 0 Å². The van der Waals surface area contributed by atoms with Crippen molar-refractivity contribution < 1.29 is 27.5 Å². The number of ether oxygens (including phenoxy) is 2. The van der Waals surface area contributed by atoms with E-state index in [1.54, 1.807) is 4.90 Å². The summed E-state index contributed by atoms with van der Waals surface area (Å²) < 4.78 is 35.9. The van der Waals surface area contributed by atoms with Gasteiger partial charge in [-0.15, -0.1) is 0 Å². The Morgan fingerprint density at radius 1 is 1.38 bits per heavy atom. The lowest BCUT2D eigenvalue weighted by Crippen LogP contribution is -2.46. The summed E-state index contributed by atoms with van der Waals surface area (Å²) in [5.74, 6) is -1.13. The molecule has 1 aliphatic rings. The molecule has 1 aliphatic heterocycles. The fraction of sp³-hybridized carbons (Fsp3) is 0.500. The van der Waals surface area contributed by atoms with Gasteiger partial charge >= 0.3 is 5.97 Å². The molecule has 1 atom stereocenters. The lowest BCUT2D eigenvalue weighted by Gasteiger charge is -2.30. The van der Waals surface area contributed by atoms with Crippen LogP contribution in [0.15, 0.2) is 23.1 Å².